The number of allylic oxidation sites excluding steroid dienone is 4. The minimum atomic E-state index is -0.699. The zero-order valence-electron chi connectivity index (χ0n) is 11.0. The van der Waals surface area contributed by atoms with Crippen LogP contribution in [-0.4, -0.2) is 11.1 Å². The topological polar surface area (TPSA) is 37.3 Å². The van der Waals surface area contributed by atoms with Gasteiger partial charge in [-0.3, -0.25) is 4.79 Å². The van der Waals surface area contributed by atoms with Crippen LogP contribution in [0.15, 0.2) is 24.3 Å². The third kappa shape index (κ3) is 14.9. The highest BCUT2D eigenvalue weighted by Crippen LogP contribution is 2.03. The van der Waals surface area contributed by atoms with Crippen LogP contribution >= 0.6 is 0 Å². The molecule has 0 atom stereocenters. The molecule has 0 rings (SSSR count). The van der Waals surface area contributed by atoms with Crippen LogP contribution in [-0.2, 0) is 4.79 Å². The maximum atomic E-state index is 10.2. The van der Waals surface area contributed by atoms with E-state index < -0.39 is 5.97 Å². The lowest BCUT2D eigenvalue weighted by Gasteiger charge is -1.93. The molecule has 0 spiro atoms. The van der Waals surface area contributed by atoms with Crippen LogP contribution in [0.1, 0.15) is 64.7 Å². The molecule has 0 aromatic heterocycles. The zero-order chi connectivity index (χ0) is 12.8. The summed E-state index contributed by atoms with van der Waals surface area (Å²) < 4.78 is 0. The minimum Gasteiger partial charge on any atom is -0.481 e. The number of hydrogen-bond acceptors (Lipinski definition) is 1. The van der Waals surface area contributed by atoms with Gasteiger partial charge in [0.25, 0.3) is 0 Å². The number of aliphatic carboxylic acids is 1. The number of unbranched alkanes of at least 4 members (excludes halogenated alkanes) is 5. The number of rotatable bonds is 11. The molecule has 0 aromatic rings. The van der Waals surface area contributed by atoms with E-state index in [1.165, 1.54) is 25.7 Å². The maximum absolute atomic E-state index is 10.2. The number of carboxylic acid groups (broad SMARTS) is 1. The smallest absolute Gasteiger partial charge is 0.303 e. The van der Waals surface area contributed by atoms with Gasteiger partial charge in [0, 0.05) is 6.42 Å². The fourth-order valence-corrected chi connectivity index (χ4v) is 1.52. The molecule has 0 amide bonds. The van der Waals surface area contributed by atoms with E-state index in [4.69, 9.17) is 5.11 Å². The van der Waals surface area contributed by atoms with Crippen molar-refractivity contribution in [2.45, 2.75) is 64.7 Å². The third-order valence-electron chi connectivity index (χ3n) is 2.56. The lowest BCUT2D eigenvalue weighted by atomic mass is 10.1. The third-order valence-corrected chi connectivity index (χ3v) is 2.56. The van der Waals surface area contributed by atoms with Crippen molar-refractivity contribution >= 4 is 5.97 Å². The maximum Gasteiger partial charge on any atom is 0.303 e. The number of carboxylic acids is 1. The molecule has 0 heterocycles. The van der Waals surface area contributed by atoms with Gasteiger partial charge < -0.3 is 5.11 Å². The highest BCUT2D eigenvalue weighted by Gasteiger charge is 1.92. The normalized spacial score (nSPS) is 11.6. The van der Waals surface area contributed by atoms with Gasteiger partial charge in [0.1, 0.15) is 0 Å². The number of hydrogen-bond donors (Lipinski definition) is 1. The van der Waals surface area contributed by atoms with Crippen LogP contribution in [0.3, 0.4) is 0 Å². The summed E-state index contributed by atoms with van der Waals surface area (Å²) in [5.74, 6) is -0.699. The van der Waals surface area contributed by atoms with Crippen molar-refractivity contribution in [3.05, 3.63) is 24.3 Å². The first kappa shape index (κ1) is 16.0. The second kappa shape index (κ2) is 13.0. The predicted octanol–water partition coefficient (Wildman–Crippen LogP) is 4.71. The Balaban J connectivity index is 3.19. The van der Waals surface area contributed by atoms with Gasteiger partial charge in [0.05, 0.1) is 0 Å². The molecule has 17 heavy (non-hydrogen) atoms. The van der Waals surface area contributed by atoms with E-state index in [0.717, 1.165) is 25.7 Å². The molecule has 2 nitrogen and oxygen atoms in total. The SMILES string of the molecule is CCCC/C=C/CCC/C=C\CCCC(=O)O. The van der Waals surface area contributed by atoms with Gasteiger partial charge in [-0.05, 0) is 38.5 Å². The van der Waals surface area contributed by atoms with Crippen LogP contribution in [0.2, 0.25) is 0 Å². The second-order valence-electron chi connectivity index (χ2n) is 4.30. The Labute approximate surface area is 105 Å². The molecule has 0 aliphatic rings. The summed E-state index contributed by atoms with van der Waals surface area (Å²) in [6.07, 6.45) is 18.0. The van der Waals surface area contributed by atoms with Gasteiger partial charge in [-0.1, -0.05) is 44.1 Å². The average molecular weight is 238 g/mol. The van der Waals surface area contributed by atoms with Gasteiger partial charge in [-0.15, -0.1) is 0 Å². The molecule has 2 heteroatoms. The molecule has 0 saturated heterocycles. The van der Waals surface area contributed by atoms with E-state index in [9.17, 15) is 4.79 Å². The van der Waals surface area contributed by atoms with Crippen molar-refractivity contribution in [1.29, 1.82) is 0 Å². The first-order chi connectivity index (χ1) is 8.27. The van der Waals surface area contributed by atoms with E-state index in [2.05, 4.69) is 31.2 Å². The van der Waals surface area contributed by atoms with Crippen LogP contribution in [0, 0.1) is 0 Å². The fraction of sp³-hybridized carbons (Fsp3) is 0.667. The van der Waals surface area contributed by atoms with Crippen molar-refractivity contribution < 1.29 is 9.90 Å². The van der Waals surface area contributed by atoms with Gasteiger partial charge in [0.15, 0.2) is 0 Å². The first-order valence-corrected chi connectivity index (χ1v) is 6.79. The standard InChI is InChI=1S/C15H26O2/c1-2-3-4-5-6-7-8-9-10-11-12-13-14-15(16)17/h5-6,10-11H,2-4,7-9,12-14H2,1H3,(H,16,17)/b6-5+,11-10-. The molecule has 0 saturated carbocycles. The van der Waals surface area contributed by atoms with Gasteiger partial charge in [-0.2, -0.15) is 0 Å². The average Bonchev–Trinajstić information content (AvgIpc) is 2.30. The van der Waals surface area contributed by atoms with Crippen molar-refractivity contribution in [2.24, 2.45) is 0 Å². The molecule has 0 radical (unpaired) electrons. The van der Waals surface area contributed by atoms with Crippen LogP contribution in [0.5, 0.6) is 0 Å². The molecule has 0 aromatic carbocycles. The summed E-state index contributed by atoms with van der Waals surface area (Å²) in [4.78, 5) is 10.2. The van der Waals surface area contributed by atoms with Crippen molar-refractivity contribution in [1.82, 2.24) is 0 Å². The molecular weight excluding hydrogens is 212 g/mol. The van der Waals surface area contributed by atoms with Gasteiger partial charge >= 0.3 is 5.97 Å². The summed E-state index contributed by atoms with van der Waals surface area (Å²) in [6, 6.07) is 0. The number of carbonyl (C=O) groups is 1. The van der Waals surface area contributed by atoms with E-state index in [1.54, 1.807) is 0 Å². The Hall–Kier alpha value is -1.05. The Morgan fingerprint density at radius 3 is 1.82 bits per heavy atom. The molecule has 0 bridgehead atoms. The highest BCUT2D eigenvalue weighted by molar-refractivity contribution is 5.66. The molecule has 0 aliphatic heterocycles. The van der Waals surface area contributed by atoms with E-state index in [1.807, 2.05) is 0 Å². The van der Waals surface area contributed by atoms with Gasteiger partial charge in [0.2, 0.25) is 0 Å². The molecular formula is C15H26O2. The molecule has 98 valence electrons. The molecule has 1 N–H and O–H groups in total. The quantitative estimate of drug-likeness (QED) is 0.418. The van der Waals surface area contributed by atoms with E-state index in [-0.39, 0.29) is 6.42 Å². The summed E-state index contributed by atoms with van der Waals surface area (Å²) in [5.41, 5.74) is 0. The zero-order valence-corrected chi connectivity index (χ0v) is 11.0. The van der Waals surface area contributed by atoms with E-state index in [0.29, 0.717) is 0 Å². The summed E-state index contributed by atoms with van der Waals surface area (Å²) >= 11 is 0. The minimum absolute atomic E-state index is 0.282. The van der Waals surface area contributed by atoms with Crippen molar-refractivity contribution in [3.63, 3.8) is 0 Å². The van der Waals surface area contributed by atoms with Gasteiger partial charge in [-0.25, -0.2) is 0 Å². The van der Waals surface area contributed by atoms with Crippen LogP contribution < -0.4 is 0 Å². The van der Waals surface area contributed by atoms with Crippen LogP contribution in [0.4, 0.5) is 0 Å². The first-order valence-electron chi connectivity index (χ1n) is 6.79. The molecule has 0 unspecified atom stereocenters. The Kier molecular flexibility index (Phi) is 12.2. The molecule has 0 fully saturated rings. The van der Waals surface area contributed by atoms with Crippen molar-refractivity contribution in [3.8, 4) is 0 Å². The van der Waals surface area contributed by atoms with Crippen molar-refractivity contribution in [2.75, 3.05) is 0 Å². The summed E-state index contributed by atoms with van der Waals surface area (Å²) in [7, 11) is 0. The monoisotopic (exact) mass is 238 g/mol. The Morgan fingerprint density at radius 1 is 0.882 bits per heavy atom. The predicted molar refractivity (Wildman–Crippen MR) is 73.1 cm³/mol. The summed E-state index contributed by atoms with van der Waals surface area (Å²) in [6.45, 7) is 2.21. The van der Waals surface area contributed by atoms with Crippen LogP contribution in [0.25, 0.3) is 0 Å². The fourth-order valence-electron chi connectivity index (χ4n) is 1.52. The highest BCUT2D eigenvalue weighted by atomic mass is 16.4. The summed E-state index contributed by atoms with van der Waals surface area (Å²) in [5, 5.41) is 8.44. The second-order valence-corrected chi connectivity index (χ2v) is 4.30. The molecule has 0 aliphatic carbocycles. The lowest BCUT2D eigenvalue weighted by molar-refractivity contribution is -0.137. The Morgan fingerprint density at radius 2 is 1.35 bits per heavy atom. The Bertz CT molecular complexity index is 229. The van der Waals surface area contributed by atoms with E-state index >= 15 is 0 Å². The lowest BCUT2D eigenvalue weighted by Crippen LogP contribution is -1.92. The largest absolute Gasteiger partial charge is 0.481 e.